The molecule has 0 aliphatic rings. The second kappa shape index (κ2) is 8.69. The van der Waals surface area contributed by atoms with E-state index in [0.29, 0.717) is 28.1 Å². The highest BCUT2D eigenvalue weighted by Crippen LogP contribution is 2.29. The Kier molecular flexibility index (Phi) is 5.79. The summed E-state index contributed by atoms with van der Waals surface area (Å²) in [5.41, 5.74) is 2.30. The molecular weight excluding hydrogens is 428 g/mol. The highest BCUT2D eigenvalue weighted by molar-refractivity contribution is 6.34. The minimum atomic E-state index is -0.476. The van der Waals surface area contributed by atoms with Crippen LogP contribution in [0.25, 0.3) is 22.3 Å². The van der Waals surface area contributed by atoms with Gasteiger partial charge in [0.2, 0.25) is 5.91 Å². The number of fused-ring (bicyclic) bond motifs is 1. The minimum Gasteiger partial charge on any atom is -0.455 e. The maximum atomic E-state index is 13.1. The molecule has 0 bridgehead atoms. The zero-order valence-corrected chi connectivity index (χ0v) is 18.1. The largest absolute Gasteiger partial charge is 0.455 e. The number of anilines is 2. The summed E-state index contributed by atoms with van der Waals surface area (Å²) in [4.78, 5) is 37.3. The van der Waals surface area contributed by atoms with Crippen LogP contribution in [0.15, 0.2) is 75.9 Å². The Labute approximate surface area is 188 Å². The van der Waals surface area contributed by atoms with Crippen LogP contribution in [0.4, 0.5) is 11.4 Å². The second-order valence-corrected chi connectivity index (χ2v) is 7.67. The summed E-state index contributed by atoms with van der Waals surface area (Å²) in [5.74, 6) is -0.287. The van der Waals surface area contributed by atoms with Crippen LogP contribution < -0.4 is 16.1 Å². The third-order valence-electron chi connectivity index (χ3n) is 4.96. The van der Waals surface area contributed by atoms with Crippen molar-refractivity contribution in [2.75, 3.05) is 10.6 Å². The molecule has 4 aromatic rings. The van der Waals surface area contributed by atoms with Crippen LogP contribution in [0.5, 0.6) is 0 Å². The number of para-hydroxylation sites is 1. The van der Waals surface area contributed by atoms with Gasteiger partial charge in [0, 0.05) is 23.7 Å². The molecule has 1 aromatic heterocycles. The molecular formula is C25H19ClN2O4. The molecule has 0 saturated carbocycles. The van der Waals surface area contributed by atoms with Gasteiger partial charge in [-0.3, -0.25) is 14.4 Å². The highest BCUT2D eigenvalue weighted by Gasteiger charge is 2.19. The van der Waals surface area contributed by atoms with E-state index < -0.39 is 5.91 Å². The molecule has 3 aromatic carbocycles. The summed E-state index contributed by atoms with van der Waals surface area (Å²) in [5, 5.41) is 5.95. The summed E-state index contributed by atoms with van der Waals surface area (Å²) in [6.07, 6.45) is 0. The fourth-order valence-electron chi connectivity index (χ4n) is 3.44. The van der Waals surface area contributed by atoms with Crippen molar-refractivity contribution in [3.05, 3.63) is 93.1 Å². The number of carbonyl (C=O) groups excluding carboxylic acids is 2. The lowest BCUT2D eigenvalue weighted by Gasteiger charge is -2.12. The average molecular weight is 447 g/mol. The predicted molar refractivity (Wildman–Crippen MR) is 126 cm³/mol. The molecule has 0 atom stereocenters. The Hall–Kier alpha value is -3.90. The Morgan fingerprint density at radius 3 is 2.38 bits per heavy atom. The van der Waals surface area contributed by atoms with E-state index in [1.54, 1.807) is 43.3 Å². The van der Waals surface area contributed by atoms with Gasteiger partial charge in [-0.05, 0) is 37.3 Å². The fraction of sp³-hybridized carbons (Fsp3) is 0.0800. The summed E-state index contributed by atoms with van der Waals surface area (Å²) in [6, 6.07) is 18.9. The minimum absolute atomic E-state index is 0.197. The van der Waals surface area contributed by atoms with E-state index in [1.165, 1.54) is 6.92 Å². The van der Waals surface area contributed by atoms with Gasteiger partial charge in [-0.25, -0.2) is 0 Å². The van der Waals surface area contributed by atoms with Gasteiger partial charge in [-0.15, -0.1) is 0 Å². The van der Waals surface area contributed by atoms with Gasteiger partial charge in [0.15, 0.2) is 11.0 Å². The average Bonchev–Trinajstić information content (AvgIpc) is 2.77. The van der Waals surface area contributed by atoms with Crippen LogP contribution in [0.3, 0.4) is 0 Å². The summed E-state index contributed by atoms with van der Waals surface area (Å²) < 4.78 is 6.10. The van der Waals surface area contributed by atoms with E-state index in [0.717, 1.165) is 5.56 Å². The molecule has 1 heterocycles. The van der Waals surface area contributed by atoms with Crippen molar-refractivity contribution in [3.63, 3.8) is 0 Å². The lowest BCUT2D eigenvalue weighted by Crippen LogP contribution is -2.15. The van der Waals surface area contributed by atoms with Crippen LogP contribution in [0.1, 0.15) is 22.8 Å². The molecule has 32 heavy (non-hydrogen) atoms. The van der Waals surface area contributed by atoms with Gasteiger partial charge in [-0.2, -0.15) is 0 Å². The monoisotopic (exact) mass is 446 g/mol. The third-order valence-corrected chi connectivity index (χ3v) is 5.28. The third kappa shape index (κ3) is 4.13. The van der Waals surface area contributed by atoms with Crippen molar-refractivity contribution in [1.82, 2.24) is 0 Å². The highest BCUT2D eigenvalue weighted by atomic mass is 35.5. The first-order chi connectivity index (χ1) is 15.3. The molecule has 160 valence electrons. The summed E-state index contributed by atoms with van der Waals surface area (Å²) >= 11 is 6.27. The first-order valence-corrected chi connectivity index (χ1v) is 10.2. The van der Waals surface area contributed by atoms with Crippen LogP contribution in [-0.2, 0) is 4.79 Å². The fourth-order valence-corrected chi connectivity index (χ4v) is 3.67. The second-order valence-electron chi connectivity index (χ2n) is 7.26. The van der Waals surface area contributed by atoms with Gasteiger partial charge in [-0.1, -0.05) is 48.0 Å². The molecule has 0 unspecified atom stereocenters. The zero-order chi connectivity index (χ0) is 22.8. The van der Waals surface area contributed by atoms with E-state index in [4.69, 9.17) is 16.0 Å². The Morgan fingerprint density at radius 2 is 1.69 bits per heavy atom. The van der Waals surface area contributed by atoms with E-state index in [-0.39, 0.29) is 27.5 Å². The number of halogens is 1. The smallest absolute Gasteiger partial charge is 0.259 e. The maximum absolute atomic E-state index is 13.1. The maximum Gasteiger partial charge on any atom is 0.259 e. The Bertz CT molecular complexity index is 1410. The Balaban J connectivity index is 1.76. The molecule has 4 rings (SSSR count). The number of hydrogen-bond donors (Lipinski definition) is 2. The van der Waals surface area contributed by atoms with E-state index in [2.05, 4.69) is 10.6 Å². The molecule has 2 amide bonds. The van der Waals surface area contributed by atoms with E-state index in [1.807, 2.05) is 30.3 Å². The predicted octanol–water partition coefficient (Wildman–Crippen LogP) is 5.63. The molecule has 2 N–H and O–H groups in total. The van der Waals surface area contributed by atoms with Gasteiger partial charge in [0.05, 0.1) is 21.7 Å². The van der Waals surface area contributed by atoms with Crippen molar-refractivity contribution >= 4 is 45.8 Å². The molecule has 0 radical (unpaired) electrons. The van der Waals surface area contributed by atoms with Gasteiger partial charge in [0.25, 0.3) is 5.91 Å². The quantitative estimate of drug-likeness (QED) is 0.425. The molecule has 0 saturated heterocycles. The number of nitrogens with one attached hydrogen (secondary N) is 2. The van der Waals surface area contributed by atoms with Gasteiger partial charge in [0.1, 0.15) is 5.76 Å². The van der Waals surface area contributed by atoms with Crippen molar-refractivity contribution in [1.29, 1.82) is 0 Å². The van der Waals surface area contributed by atoms with Crippen LogP contribution in [0.2, 0.25) is 5.02 Å². The van der Waals surface area contributed by atoms with Gasteiger partial charge >= 0.3 is 0 Å². The van der Waals surface area contributed by atoms with Crippen molar-refractivity contribution in [2.45, 2.75) is 13.8 Å². The SMILES string of the molecule is CC(=O)Nc1ccc(NC(=O)c2cccc3c(=O)c(C)c(-c4ccccc4)oc23)c(Cl)c1. The number of rotatable bonds is 4. The molecule has 0 spiro atoms. The van der Waals surface area contributed by atoms with E-state index >= 15 is 0 Å². The summed E-state index contributed by atoms with van der Waals surface area (Å²) in [6.45, 7) is 3.10. The lowest BCUT2D eigenvalue weighted by atomic mass is 10.0. The lowest BCUT2D eigenvalue weighted by molar-refractivity contribution is -0.114. The van der Waals surface area contributed by atoms with Crippen LogP contribution in [0, 0.1) is 6.92 Å². The molecule has 0 fully saturated rings. The van der Waals surface area contributed by atoms with Crippen molar-refractivity contribution in [2.24, 2.45) is 0 Å². The number of hydrogen-bond acceptors (Lipinski definition) is 4. The van der Waals surface area contributed by atoms with Crippen LogP contribution >= 0.6 is 11.6 Å². The number of benzene rings is 3. The van der Waals surface area contributed by atoms with E-state index in [9.17, 15) is 14.4 Å². The molecule has 0 aliphatic heterocycles. The first kappa shape index (κ1) is 21.3. The number of carbonyl (C=O) groups is 2. The Morgan fingerprint density at radius 1 is 0.938 bits per heavy atom. The topological polar surface area (TPSA) is 88.4 Å². The number of amides is 2. The molecule has 0 aliphatic carbocycles. The van der Waals surface area contributed by atoms with Crippen molar-refractivity contribution in [3.8, 4) is 11.3 Å². The zero-order valence-electron chi connectivity index (χ0n) is 17.4. The molecule has 6 nitrogen and oxygen atoms in total. The molecule has 7 heteroatoms. The van der Waals surface area contributed by atoms with Crippen molar-refractivity contribution < 1.29 is 14.0 Å². The van der Waals surface area contributed by atoms with Gasteiger partial charge < -0.3 is 15.1 Å². The first-order valence-electron chi connectivity index (χ1n) is 9.85. The summed E-state index contributed by atoms with van der Waals surface area (Å²) in [7, 11) is 0. The normalized spacial score (nSPS) is 10.7. The van der Waals surface area contributed by atoms with Crippen LogP contribution in [-0.4, -0.2) is 11.8 Å². The standard InChI is InChI=1S/C25H19ClN2O4/c1-14-22(30)18-9-6-10-19(24(18)32-23(14)16-7-4-3-5-8-16)25(31)28-21-12-11-17(13-20(21)26)27-15(2)29/h3-13H,1-2H3,(H,27,29)(H,28,31).